The average molecular weight is 266 g/mol. The summed E-state index contributed by atoms with van der Waals surface area (Å²) >= 11 is 3.10. The van der Waals surface area contributed by atoms with Crippen molar-refractivity contribution in [2.24, 2.45) is 0 Å². The lowest BCUT2D eigenvalue weighted by Gasteiger charge is -2.01. The van der Waals surface area contributed by atoms with Crippen LogP contribution in [0.2, 0.25) is 0 Å². The number of nitro groups is 1. The molecule has 1 unspecified atom stereocenters. The molecule has 6 heteroatoms. The van der Waals surface area contributed by atoms with Crippen molar-refractivity contribution in [1.29, 1.82) is 5.26 Å². The Balaban J connectivity index is 3.46. The molecule has 1 aromatic rings. The van der Waals surface area contributed by atoms with Gasteiger partial charge in [0.05, 0.1) is 4.92 Å². The first kappa shape index (κ1) is 11.2. The minimum atomic E-state index is -1.15. The molecule has 74 valence electrons. The molecule has 1 rings (SSSR count). The molecule has 0 spiro atoms. The van der Waals surface area contributed by atoms with Gasteiger partial charge in [0.15, 0.2) is 6.07 Å². The lowest BCUT2D eigenvalue weighted by atomic mass is 10.1. The maximum atomic E-state index is 10.7. The SMILES string of the molecule is [C-]#[N+]C(C#N)c1c(Br)cccc1[N+](=O)[O-]. The molecule has 0 saturated heterocycles. The number of rotatable bonds is 2. The summed E-state index contributed by atoms with van der Waals surface area (Å²) in [6, 6.07) is 4.89. The van der Waals surface area contributed by atoms with Gasteiger partial charge in [0.25, 0.3) is 5.69 Å². The predicted molar refractivity (Wildman–Crippen MR) is 55.8 cm³/mol. The number of hydrogen-bond acceptors (Lipinski definition) is 3. The third-order valence-electron chi connectivity index (χ3n) is 1.75. The van der Waals surface area contributed by atoms with Gasteiger partial charge in [-0.1, -0.05) is 6.07 Å². The Morgan fingerprint density at radius 1 is 1.67 bits per heavy atom. The maximum absolute atomic E-state index is 10.7. The average Bonchev–Trinajstić information content (AvgIpc) is 2.21. The molecule has 0 heterocycles. The monoisotopic (exact) mass is 265 g/mol. The normalized spacial score (nSPS) is 11.1. The lowest BCUT2D eigenvalue weighted by Crippen LogP contribution is -1.99. The first-order valence-electron chi connectivity index (χ1n) is 3.80. The van der Waals surface area contributed by atoms with E-state index >= 15 is 0 Å². The highest BCUT2D eigenvalue weighted by Crippen LogP contribution is 2.33. The van der Waals surface area contributed by atoms with Gasteiger partial charge in [-0.05, 0) is 22.0 Å². The van der Waals surface area contributed by atoms with E-state index in [1.807, 2.05) is 0 Å². The Morgan fingerprint density at radius 2 is 2.33 bits per heavy atom. The molecule has 0 saturated carbocycles. The highest BCUT2D eigenvalue weighted by molar-refractivity contribution is 9.10. The van der Waals surface area contributed by atoms with Gasteiger partial charge in [-0.3, -0.25) is 15.0 Å². The summed E-state index contributed by atoms with van der Waals surface area (Å²) in [6.45, 7) is 6.79. The van der Waals surface area contributed by atoms with Gasteiger partial charge in [-0.15, -0.1) is 0 Å². The minimum absolute atomic E-state index is 0.111. The van der Waals surface area contributed by atoms with E-state index in [0.29, 0.717) is 4.47 Å². The van der Waals surface area contributed by atoms with Crippen molar-refractivity contribution in [2.45, 2.75) is 6.04 Å². The van der Waals surface area contributed by atoms with E-state index in [4.69, 9.17) is 11.8 Å². The second kappa shape index (κ2) is 4.54. The Hall–Kier alpha value is -1.92. The van der Waals surface area contributed by atoms with E-state index in [2.05, 4.69) is 20.8 Å². The first-order chi connectivity index (χ1) is 7.11. The Labute approximate surface area is 94.0 Å². The van der Waals surface area contributed by atoms with Crippen molar-refractivity contribution in [1.82, 2.24) is 0 Å². The number of nitrogens with zero attached hydrogens (tertiary/aromatic N) is 3. The smallest absolute Gasteiger partial charge is 0.292 e. The zero-order valence-corrected chi connectivity index (χ0v) is 8.93. The molecule has 0 fully saturated rings. The molecule has 0 aliphatic rings. The maximum Gasteiger partial charge on any atom is 0.340 e. The molecule has 0 aliphatic heterocycles. The fraction of sp³-hybridized carbons (Fsp3) is 0.111. The second-order valence-corrected chi connectivity index (χ2v) is 3.44. The number of hydrogen-bond donors (Lipinski definition) is 0. The quantitative estimate of drug-likeness (QED) is 0.469. The summed E-state index contributed by atoms with van der Waals surface area (Å²) in [6.07, 6.45) is 0. The van der Waals surface area contributed by atoms with Gasteiger partial charge < -0.3 is 0 Å². The van der Waals surface area contributed by atoms with Crippen LogP contribution in [0.15, 0.2) is 22.7 Å². The van der Waals surface area contributed by atoms with E-state index in [1.54, 1.807) is 12.1 Å². The van der Waals surface area contributed by atoms with Gasteiger partial charge in [-0.25, -0.2) is 6.57 Å². The fourth-order valence-electron chi connectivity index (χ4n) is 1.11. The van der Waals surface area contributed by atoms with Crippen molar-refractivity contribution in [2.75, 3.05) is 0 Å². The molecule has 1 atom stereocenters. The molecular weight excluding hydrogens is 262 g/mol. The van der Waals surface area contributed by atoms with Crippen molar-refractivity contribution >= 4 is 21.6 Å². The van der Waals surface area contributed by atoms with Gasteiger partial charge >= 0.3 is 6.04 Å². The van der Waals surface area contributed by atoms with Crippen LogP contribution in [0.1, 0.15) is 11.6 Å². The number of nitro benzene ring substituents is 1. The largest absolute Gasteiger partial charge is 0.340 e. The van der Waals surface area contributed by atoms with Gasteiger partial charge in [0, 0.05) is 10.5 Å². The van der Waals surface area contributed by atoms with Crippen LogP contribution < -0.4 is 0 Å². The zero-order valence-electron chi connectivity index (χ0n) is 7.35. The molecule has 15 heavy (non-hydrogen) atoms. The highest BCUT2D eigenvalue weighted by atomic mass is 79.9. The molecule has 5 nitrogen and oxygen atoms in total. The summed E-state index contributed by atoms with van der Waals surface area (Å²) in [5.41, 5.74) is -0.105. The summed E-state index contributed by atoms with van der Waals surface area (Å²) in [5.74, 6) is 0. The molecule has 0 aromatic heterocycles. The third kappa shape index (κ3) is 2.12. The standard InChI is InChI=1S/C9H4BrN3O2/c1-12-7(5-11)9-6(10)3-2-4-8(9)13(14)15/h2-4,7H. The van der Waals surface area contributed by atoms with E-state index in [1.165, 1.54) is 12.1 Å². The molecule has 0 bridgehead atoms. The van der Waals surface area contributed by atoms with Gasteiger partial charge in [0.2, 0.25) is 0 Å². The molecule has 0 amide bonds. The molecule has 0 N–H and O–H groups in total. The fourth-order valence-corrected chi connectivity index (χ4v) is 1.69. The van der Waals surface area contributed by atoms with Crippen LogP contribution >= 0.6 is 15.9 Å². The van der Waals surface area contributed by atoms with Crippen LogP contribution in [0.3, 0.4) is 0 Å². The Kier molecular flexibility index (Phi) is 3.37. The van der Waals surface area contributed by atoms with Crippen LogP contribution in [0.5, 0.6) is 0 Å². The highest BCUT2D eigenvalue weighted by Gasteiger charge is 2.28. The molecular formula is C9H4BrN3O2. The van der Waals surface area contributed by atoms with Crippen LogP contribution in [-0.4, -0.2) is 4.92 Å². The van der Waals surface area contributed by atoms with E-state index in [9.17, 15) is 10.1 Å². The number of nitriles is 1. The first-order valence-corrected chi connectivity index (χ1v) is 4.60. The van der Waals surface area contributed by atoms with Crippen molar-refractivity contribution in [3.8, 4) is 6.07 Å². The van der Waals surface area contributed by atoms with Crippen molar-refractivity contribution < 1.29 is 4.92 Å². The van der Waals surface area contributed by atoms with E-state index < -0.39 is 11.0 Å². The molecule has 0 aliphatic carbocycles. The summed E-state index contributed by atoms with van der Waals surface area (Å²) in [7, 11) is 0. The summed E-state index contributed by atoms with van der Waals surface area (Å²) in [5, 5.41) is 19.4. The number of halogens is 1. The van der Waals surface area contributed by atoms with E-state index in [0.717, 1.165) is 0 Å². The Bertz CT molecular complexity index is 473. The summed E-state index contributed by atoms with van der Waals surface area (Å²) < 4.78 is 0.402. The zero-order chi connectivity index (χ0) is 11.4. The van der Waals surface area contributed by atoms with Crippen LogP contribution in [-0.2, 0) is 0 Å². The van der Waals surface area contributed by atoms with Gasteiger partial charge in [-0.2, -0.15) is 5.26 Å². The van der Waals surface area contributed by atoms with Crippen molar-refractivity contribution in [3.63, 3.8) is 0 Å². The lowest BCUT2D eigenvalue weighted by molar-refractivity contribution is -0.385. The molecule has 1 aromatic carbocycles. The topological polar surface area (TPSA) is 71.3 Å². The number of benzene rings is 1. The van der Waals surface area contributed by atoms with Crippen LogP contribution in [0, 0.1) is 28.0 Å². The second-order valence-electron chi connectivity index (χ2n) is 2.59. The van der Waals surface area contributed by atoms with E-state index in [-0.39, 0.29) is 11.3 Å². The molecule has 0 radical (unpaired) electrons. The Morgan fingerprint density at radius 3 is 2.80 bits per heavy atom. The van der Waals surface area contributed by atoms with Gasteiger partial charge in [0.1, 0.15) is 5.56 Å². The van der Waals surface area contributed by atoms with Crippen molar-refractivity contribution in [3.05, 3.63) is 49.8 Å². The predicted octanol–water partition coefficient (Wildman–Crippen LogP) is 2.84. The minimum Gasteiger partial charge on any atom is -0.292 e. The van der Waals surface area contributed by atoms with Crippen LogP contribution in [0.25, 0.3) is 4.85 Å². The summed E-state index contributed by atoms with van der Waals surface area (Å²) in [4.78, 5) is 13.1. The van der Waals surface area contributed by atoms with Crippen LogP contribution in [0.4, 0.5) is 5.69 Å². The third-order valence-corrected chi connectivity index (χ3v) is 2.44.